The number of hydrogen-bond donors (Lipinski definition) is 0. The first-order valence-electron chi connectivity index (χ1n) is 9.17. The van der Waals surface area contributed by atoms with E-state index in [1.54, 1.807) is 19.2 Å². The van der Waals surface area contributed by atoms with Crippen LogP contribution in [0.4, 0.5) is 0 Å². The maximum atomic E-state index is 12.8. The van der Waals surface area contributed by atoms with Gasteiger partial charge in [-0.1, -0.05) is 6.07 Å². The number of benzene rings is 2. The highest BCUT2D eigenvalue weighted by atomic mass is 16.5. The van der Waals surface area contributed by atoms with Crippen LogP contribution in [0.2, 0.25) is 0 Å². The van der Waals surface area contributed by atoms with Gasteiger partial charge in [-0.3, -0.25) is 9.59 Å². The molecule has 1 heterocycles. The van der Waals surface area contributed by atoms with Crippen molar-refractivity contribution in [2.75, 3.05) is 21.3 Å². The van der Waals surface area contributed by atoms with Crippen LogP contribution in [0.5, 0.6) is 17.2 Å². The molecule has 0 radical (unpaired) electrons. The van der Waals surface area contributed by atoms with Gasteiger partial charge in [-0.2, -0.15) is 0 Å². The molecule has 0 bridgehead atoms. The molecule has 6 nitrogen and oxygen atoms in total. The third-order valence-electron chi connectivity index (χ3n) is 5.06. The fraction of sp³-hybridized carbons (Fsp3) is 0.304. The summed E-state index contributed by atoms with van der Waals surface area (Å²) in [5.41, 5.74) is 2.65. The number of rotatable bonds is 7. The van der Waals surface area contributed by atoms with Gasteiger partial charge in [0, 0.05) is 11.1 Å². The summed E-state index contributed by atoms with van der Waals surface area (Å²) in [5, 5.41) is 0. The Bertz CT molecular complexity index is 976. The second-order valence-electron chi connectivity index (χ2n) is 6.83. The maximum Gasteiger partial charge on any atom is 0.161 e. The Morgan fingerprint density at radius 3 is 2.34 bits per heavy atom. The van der Waals surface area contributed by atoms with Crippen molar-refractivity contribution in [3.05, 3.63) is 58.3 Å². The quantitative estimate of drug-likeness (QED) is 0.649. The third-order valence-corrected chi connectivity index (χ3v) is 5.06. The molecule has 0 fully saturated rings. The molecule has 2 unspecified atom stereocenters. The van der Waals surface area contributed by atoms with Gasteiger partial charge in [0.05, 0.1) is 33.0 Å². The van der Waals surface area contributed by atoms with E-state index in [0.717, 1.165) is 11.1 Å². The number of Topliss-reactive ketones (excluding diaryl/α,β-unsaturated/α-hetero) is 1. The van der Waals surface area contributed by atoms with Gasteiger partial charge in [0.1, 0.15) is 23.9 Å². The molecule has 1 aliphatic rings. The molecule has 0 aromatic heterocycles. The van der Waals surface area contributed by atoms with Crippen LogP contribution in [0, 0.1) is 0 Å². The zero-order chi connectivity index (χ0) is 21.1. The number of allylic oxidation sites excluding steroid dienone is 1. The second-order valence-corrected chi connectivity index (χ2v) is 6.83. The highest BCUT2D eigenvalue weighted by molar-refractivity contribution is 5.90. The Hall–Kier alpha value is -3.28. The van der Waals surface area contributed by atoms with Crippen LogP contribution in [-0.2, 0) is 9.53 Å². The number of aldehydes is 1. The summed E-state index contributed by atoms with van der Waals surface area (Å²) in [4.78, 5) is 24.6. The summed E-state index contributed by atoms with van der Waals surface area (Å²) in [5.74, 6) is 1.43. The lowest BCUT2D eigenvalue weighted by molar-refractivity contribution is -0.121. The van der Waals surface area contributed by atoms with Crippen molar-refractivity contribution in [1.29, 1.82) is 0 Å². The van der Waals surface area contributed by atoms with Crippen molar-refractivity contribution in [3.63, 3.8) is 0 Å². The van der Waals surface area contributed by atoms with E-state index >= 15 is 0 Å². The van der Waals surface area contributed by atoms with E-state index < -0.39 is 12.0 Å². The molecular formula is C23H24O6. The summed E-state index contributed by atoms with van der Waals surface area (Å²) < 4.78 is 22.1. The molecule has 152 valence electrons. The molecule has 2 aromatic rings. The number of fused-ring (bicyclic) bond motifs is 1. The zero-order valence-corrected chi connectivity index (χ0v) is 17.1. The first-order chi connectivity index (χ1) is 13.9. The molecule has 29 heavy (non-hydrogen) atoms. The molecule has 0 spiro atoms. The average molecular weight is 396 g/mol. The minimum atomic E-state index is -0.703. The number of methoxy groups -OCH3 is 3. The molecule has 0 saturated carbocycles. The molecule has 6 heteroatoms. The molecule has 0 aliphatic carbocycles. The molecule has 3 rings (SSSR count). The van der Waals surface area contributed by atoms with Gasteiger partial charge >= 0.3 is 0 Å². The maximum absolute atomic E-state index is 12.8. The fourth-order valence-corrected chi connectivity index (χ4v) is 3.71. The lowest BCUT2D eigenvalue weighted by Crippen LogP contribution is -2.24. The molecular weight excluding hydrogens is 372 g/mol. The van der Waals surface area contributed by atoms with E-state index in [1.807, 2.05) is 31.2 Å². The molecule has 2 aromatic carbocycles. The van der Waals surface area contributed by atoms with Crippen molar-refractivity contribution < 1.29 is 28.5 Å². The van der Waals surface area contributed by atoms with Gasteiger partial charge in [-0.05, 0) is 55.3 Å². The largest absolute Gasteiger partial charge is 0.497 e. The van der Waals surface area contributed by atoms with Gasteiger partial charge in [0.15, 0.2) is 11.5 Å². The van der Waals surface area contributed by atoms with E-state index in [9.17, 15) is 9.59 Å². The Morgan fingerprint density at radius 2 is 1.76 bits per heavy atom. The Balaban J connectivity index is 2.19. The van der Waals surface area contributed by atoms with Crippen LogP contribution in [0.25, 0.3) is 6.08 Å². The number of ether oxygens (including phenoxy) is 4. The number of carbonyl (C=O) groups excluding carboxylic acids is 2. The van der Waals surface area contributed by atoms with E-state index in [0.29, 0.717) is 40.4 Å². The molecule has 0 amide bonds. The molecule has 1 aliphatic heterocycles. The fourth-order valence-electron chi connectivity index (χ4n) is 3.71. The number of carbonyl (C=O) groups is 2. The molecule has 0 N–H and O–H groups in total. The normalized spacial score (nSPS) is 16.0. The van der Waals surface area contributed by atoms with Gasteiger partial charge in [-0.15, -0.1) is 0 Å². The number of hydrogen-bond acceptors (Lipinski definition) is 6. The highest BCUT2D eigenvalue weighted by Gasteiger charge is 2.36. The third kappa shape index (κ3) is 3.83. The minimum Gasteiger partial charge on any atom is -0.497 e. The molecule has 2 atom stereocenters. The van der Waals surface area contributed by atoms with Crippen molar-refractivity contribution >= 4 is 18.1 Å². The van der Waals surface area contributed by atoms with Gasteiger partial charge < -0.3 is 18.9 Å². The van der Waals surface area contributed by atoms with E-state index in [4.69, 9.17) is 18.9 Å². The predicted octanol–water partition coefficient (Wildman–Crippen LogP) is 4.33. The summed E-state index contributed by atoms with van der Waals surface area (Å²) >= 11 is 0. The van der Waals surface area contributed by atoms with Gasteiger partial charge in [-0.25, -0.2) is 0 Å². The topological polar surface area (TPSA) is 71.1 Å². The first-order valence-corrected chi connectivity index (χ1v) is 9.17. The Morgan fingerprint density at radius 1 is 1.07 bits per heavy atom. The van der Waals surface area contributed by atoms with E-state index in [2.05, 4.69) is 0 Å². The molecule has 0 saturated heterocycles. The summed E-state index contributed by atoms with van der Waals surface area (Å²) in [6.07, 6.45) is 2.03. The van der Waals surface area contributed by atoms with Gasteiger partial charge in [0.2, 0.25) is 0 Å². The van der Waals surface area contributed by atoms with Crippen LogP contribution in [0.1, 0.15) is 52.9 Å². The number of ketones is 1. The minimum absolute atomic E-state index is 0.123. The first kappa shape index (κ1) is 20.5. The van der Waals surface area contributed by atoms with Crippen molar-refractivity contribution in [1.82, 2.24) is 0 Å². The zero-order valence-electron chi connectivity index (χ0n) is 17.1. The Labute approximate surface area is 170 Å². The lowest BCUT2D eigenvalue weighted by atomic mass is 9.81. The second kappa shape index (κ2) is 8.39. The van der Waals surface area contributed by atoms with E-state index in [-0.39, 0.29) is 5.78 Å². The van der Waals surface area contributed by atoms with Crippen molar-refractivity contribution in [2.45, 2.75) is 25.9 Å². The van der Waals surface area contributed by atoms with E-state index in [1.165, 1.54) is 21.1 Å². The van der Waals surface area contributed by atoms with Crippen LogP contribution in [0.15, 0.2) is 36.1 Å². The van der Waals surface area contributed by atoms with Crippen LogP contribution < -0.4 is 14.2 Å². The van der Waals surface area contributed by atoms with Crippen LogP contribution in [0.3, 0.4) is 0 Å². The SMILES string of the molecule is COc1ccc2c(c1)C=C(C)OC2C(C(C)=O)c1cc(OC)c(OC)cc1C=O. The van der Waals surface area contributed by atoms with Crippen molar-refractivity contribution in [3.8, 4) is 17.2 Å². The average Bonchev–Trinajstić information content (AvgIpc) is 2.72. The lowest BCUT2D eigenvalue weighted by Gasteiger charge is -2.32. The summed E-state index contributed by atoms with van der Waals surface area (Å²) in [7, 11) is 4.61. The van der Waals surface area contributed by atoms with Crippen LogP contribution in [-0.4, -0.2) is 33.4 Å². The smallest absolute Gasteiger partial charge is 0.161 e. The summed E-state index contributed by atoms with van der Waals surface area (Å²) in [6, 6.07) is 8.88. The van der Waals surface area contributed by atoms with Crippen molar-refractivity contribution in [2.24, 2.45) is 0 Å². The highest BCUT2D eigenvalue weighted by Crippen LogP contribution is 2.45. The standard InChI is InChI=1S/C23H24O6/c1-13-8-15-9-17(26-3)6-7-18(15)23(29-13)22(14(2)25)19-11-21(28-5)20(27-4)10-16(19)12-24/h6-12,22-23H,1-5H3. The Kier molecular flexibility index (Phi) is 5.92. The monoisotopic (exact) mass is 396 g/mol. The van der Waals surface area contributed by atoms with Gasteiger partial charge in [0.25, 0.3) is 0 Å². The summed E-state index contributed by atoms with van der Waals surface area (Å²) in [6.45, 7) is 3.33. The predicted molar refractivity (Wildman–Crippen MR) is 109 cm³/mol. The van der Waals surface area contributed by atoms with Crippen LogP contribution >= 0.6 is 0 Å².